The van der Waals surface area contributed by atoms with Gasteiger partial charge in [0.15, 0.2) is 11.7 Å². The van der Waals surface area contributed by atoms with E-state index in [1.54, 1.807) is 24.3 Å². The Morgan fingerprint density at radius 3 is 2.34 bits per heavy atom. The number of amides is 2. The first kappa shape index (κ1) is 30.2. The van der Waals surface area contributed by atoms with Crippen molar-refractivity contribution < 1.29 is 27.9 Å². The second kappa shape index (κ2) is 11.3. The Morgan fingerprint density at radius 2 is 1.78 bits per heavy atom. The van der Waals surface area contributed by atoms with Gasteiger partial charge in [-0.3, -0.25) is 24.4 Å². The lowest BCUT2D eigenvalue weighted by molar-refractivity contribution is -0.133. The molecule has 2 aromatic rings. The van der Waals surface area contributed by atoms with E-state index >= 15 is 0 Å². The number of aliphatic hydroxyl groups is 1. The number of alkyl halides is 2. The van der Waals surface area contributed by atoms with Crippen LogP contribution in [0.2, 0.25) is 0 Å². The summed E-state index contributed by atoms with van der Waals surface area (Å²) < 4.78 is 42.1. The normalized spacial score (nSPS) is 22.5. The van der Waals surface area contributed by atoms with E-state index in [2.05, 4.69) is 15.3 Å². The third-order valence-electron chi connectivity index (χ3n) is 7.95. The zero-order valence-electron chi connectivity index (χ0n) is 23.6. The van der Waals surface area contributed by atoms with Gasteiger partial charge < -0.3 is 10.4 Å². The van der Waals surface area contributed by atoms with E-state index in [9.17, 15) is 33.1 Å². The van der Waals surface area contributed by atoms with Crippen LogP contribution in [0.3, 0.4) is 0 Å². The standard InChI is InChI=1S/C29H35F3N6O3/c1-27(2,3)18-5-7-20(8-6-18)38(25(40)22-13-21(39)16-37(22)17-33)28(4,23-14-34-15-24(30)36-23)26(41)35-19-9-11-29(31,32)12-10-19/h5-8,14-15,19,21-22,39H,9-13,16H2,1-4H3,(H,35,41)/t21-,22-,28?/m1/s1. The summed E-state index contributed by atoms with van der Waals surface area (Å²) in [5.41, 5.74) is -1.21. The van der Waals surface area contributed by atoms with Crippen LogP contribution >= 0.6 is 0 Å². The summed E-state index contributed by atoms with van der Waals surface area (Å²) in [6.45, 7) is 7.37. The molecule has 9 nitrogen and oxygen atoms in total. The van der Waals surface area contributed by atoms with Gasteiger partial charge in [0.2, 0.25) is 11.9 Å². The van der Waals surface area contributed by atoms with Crippen molar-refractivity contribution in [2.24, 2.45) is 0 Å². The number of hydrogen-bond donors (Lipinski definition) is 2. The summed E-state index contributed by atoms with van der Waals surface area (Å²) in [4.78, 5) is 38.6. The molecule has 12 heteroatoms. The van der Waals surface area contributed by atoms with Gasteiger partial charge in [-0.25, -0.2) is 13.8 Å². The maximum absolute atomic E-state index is 14.4. The summed E-state index contributed by atoms with van der Waals surface area (Å²) >= 11 is 0. The Bertz CT molecular complexity index is 1320. The van der Waals surface area contributed by atoms with Crippen LogP contribution in [-0.2, 0) is 20.5 Å². The van der Waals surface area contributed by atoms with Crippen molar-refractivity contribution in [3.8, 4) is 6.19 Å². The summed E-state index contributed by atoms with van der Waals surface area (Å²) in [5.74, 6) is -5.25. The largest absolute Gasteiger partial charge is 0.391 e. The Kier molecular flexibility index (Phi) is 8.32. The third-order valence-corrected chi connectivity index (χ3v) is 7.95. The number of aromatic nitrogens is 2. The number of rotatable bonds is 6. The van der Waals surface area contributed by atoms with Gasteiger partial charge in [-0.05, 0) is 42.9 Å². The van der Waals surface area contributed by atoms with Crippen molar-refractivity contribution in [2.75, 3.05) is 11.4 Å². The van der Waals surface area contributed by atoms with E-state index in [-0.39, 0.29) is 42.6 Å². The number of benzene rings is 1. The minimum Gasteiger partial charge on any atom is -0.391 e. The van der Waals surface area contributed by atoms with Crippen molar-refractivity contribution >= 4 is 17.5 Å². The predicted molar refractivity (Wildman–Crippen MR) is 144 cm³/mol. The highest BCUT2D eigenvalue weighted by atomic mass is 19.3. The molecule has 2 heterocycles. The average Bonchev–Trinajstić information content (AvgIpc) is 3.30. The van der Waals surface area contributed by atoms with Gasteiger partial charge in [-0.15, -0.1) is 0 Å². The summed E-state index contributed by atoms with van der Waals surface area (Å²) in [7, 11) is 0. The fourth-order valence-corrected chi connectivity index (χ4v) is 5.44. The van der Waals surface area contributed by atoms with Crippen molar-refractivity contribution in [1.29, 1.82) is 5.26 Å². The molecule has 1 aromatic heterocycles. The molecule has 3 atom stereocenters. The van der Waals surface area contributed by atoms with Crippen LogP contribution in [0.5, 0.6) is 0 Å². The maximum atomic E-state index is 14.4. The molecule has 0 radical (unpaired) electrons. The fourth-order valence-electron chi connectivity index (χ4n) is 5.44. The lowest BCUT2D eigenvalue weighted by atomic mass is 9.86. The zero-order chi connectivity index (χ0) is 30.2. The van der Waals surface area contributed by atoms with Crippen LogP contribution in [0.25, 0.3) is 0 Å². The van der Waals surface area contributed by atoms with Crippen molar-refractivity contribution in [2.45, 2.75) is 94.9 Å². The Morgan fingerprint density at radius 1 is 1.15 bits per heavy atom. The second-order valence-corrected chi connectivity index (χ2v) is 12.0. The summed E-state index contributed by atoms with van der Waals surface area (Å²) in [6.07, 6.45) is 2.19. The first-order valence-electron chi connectivity index (χ1n) is 13.6. The molecule has 220 valence electrons. The van der Waals surface area contributed by atoms with Crippen molar-refractivity contribution in [3.63, 3.8) is 0 Å². The number of nitrogens with zero attached hydrogens (tertiary/aromatic N) is 5. The molecule has 2 fully saturated rings. The number of β-amino-alcohol motifs (C(OH)–C–C–N with tert-alkyl or cyclic N) is 1. The number of nitriles is 1. The third kappa shape index (κ3) is 6.30. The molecular formula is C29H35F3N6O3. The molecule has 0 spiro atoms. The van der Waals surface area contributed by atoms with E-state index in [4.69, 9.17) is 0 Å². The number of carbonyl (C=O) groups is 2. The van der Waals surface area contributed by atoms with Gasteiger partial charge in [0.1, 0.15) is 6.04 Å². The molecule has 41 heavy (non-hydrogen) atoms. The topological polar surface area (TPSA) is 122 Å². The molecule has 1 aliphatic carbocycles. The molecular weight excluding hydrogens is 537 g/mol. The van der Waals surface area contributed by atoms with E-state index in [0.717, 1.165) is 21.6 Å². The number of aliphatic hydroxyl groups excluding tert-OH is 1. The Hall–Kier alpha value is -3.72. The number of anilines is 1. The first-order valence-corrected chi connectivity index (χ1v) is 13.6. The average molecular weight is 573 g/mol. The highest BCUT2D eigenvalue weighted by Gasteiger charge is 2.51. The molecule has 1 saturated heterocycles. The van der Waals surface area contributed by atoms with Crippen LogP contribution in [0.4, 0.5) is 18.9 Å². The van der Waals surface area contributed by atoms with Gasteiger partial charge in [0.25, 0.3) is 11.8 Å². The van der Waals surface area contributed by atoms with Crippen LogP contribution < -0.4 is 10.2 Å². The van der Waals surface area contributed by atoms with E-state index in [1.165, 1.54) is 13.1 Å². The minimum atomic E-state index is -2.82. The molecule has 1 aromatic carbocycles. The van der Waals surface area contributed by atoms with E-state index in [1.807, 2.05) is 27.0 Å². The predicted octanol–water partition coefficient (Wildman–Crippen LogP) is 3.77. The molecule has 1 unspecified atom stereocenters. The van der Waals surface area contributed by atoms with Gasteiger partial charge >= 0.3 is 0 Å². The van der Waals surface area contributed by atoms with Gasteiger partial charge in [0.05, 0.1) is 30.7 Å². The summed E-state index contributed by atoms with van der Waals surface area (Å²) in [6, 6.07) is 5.20. The number of carbonyl (C=O) groups excluding carboxylic acids is 2. The molecule has 1 saturated carbocycles. The molecule has 2 N–H and O–H groups in total. The number of likely N-dealkylation sites (tertiary alicyclic amines) is 1. The van der Waals surface area contributed by atoms with E-state index < -0.39 is 60.3 Å². The molecule has 1 aliphatic heterocycles. The maximum Gasteiger partial charge on any atom is 0.252 e. The van der Waals surface area contributed by atoms with E-state index in [0.29, 0.717) is 0 Å². The quantitative estimate of drug-likeness (QED) is 0.506. The van der Waals surface area contributed by atoms with Crippen LogP contribution in [0.15, 0.2) is 36.7 Å². The highest BCUT2D eigenvalue weighted by molar-refractivity contribution is 6.06. The first-order chi connectivity index (χ1) is 19.2. The lowest BCUT2D eigenvalue weighted by Gasteiger charge is -2.42. The molecule has 4 rings (SSSR count). The number of nitrogens with one attached hydrogen (secondary N) is 1. The zero-order valence-corrected chi connectivity index (χ0v) is 23.6. The van der Waals surface area contributed by atoms with Gasteiger partial charge in [0, 0.05) is 31.0 Å². The van der Waals surface area contributed by atoms with Crippen LogP contribution in [0.1, 0.15) is 71.1 Å². The van der Waals surface area contributed by atoms with Crippen molar-refractivity contribution in [3.05, 3.63) is 53.9 Å². The van der Waals surface area contributed by atoms with Gasteiger partial charge in [-0.1, -0.05) is 32.9 Å². The monoisotopic (exact) mass is 572 g/mol. The van der Waals surface area contributed by atoms with Crippen LogP contribution in [0, 0.1) is 17.4 Å². The highest BCUT2D eigenvalue weighted by Crippen LogP contribution is 2.38. The lowest BCUT2D eigenvalue weighted by Crippen LogP contribution is -2.62. The number of halogens is 3. The summed E-state index contributed by atoms with van der Waals surface area (Å²) in [5, 5.41) is 22.8. The van der Waals surface area contributed by atoms with Crippen molar-refractivity contribution in [1.82, 2.24) is 20.2 Å². The molecule has 0 bridgehead atoms. The Balaban J connectivity index is 1.85. The molecule has 2 amide bonds. The Labute approximate surface area is 237 Å². The SMILES string of the molecule is CC(C)(C)c1ccc(N(C(=O)[C@H]2C[C@@H](O)CN2C#N)C(C)(C(=O)NC2CCC(F)(F)CC2)c2cncc(F)n2)cc1. The number of hydrogen-bond acceptors (Lipinski definition) is 7. The fraction of sp³-hybridized carbons (Fsp3) is 0.552. The second-order valence-electron chi connectivity index (χ2n) is 12.0. The molecule has 2 aliphatic rings. The smallest absolute Gasteiger partial charge is 0.252 e. The van der Waals surface area contributed by atoms with Gasteiger partial charge in [-0.2, -0.15) is 9.65 Å². The minimum absolute atomic E-state index is 0.0227. The van der Waals surface area contributed by atoms with Crippen LogP contribution in [-0.4, -0.2) is 62.4 Å².